The van der Waals surface area contributed by atoms with Gasteiger partial charge < -0.3 is 14.5 Å². The molecule has 1 atom stereocenters. The van der Waals surface area contributed by atoms with E-state index in [4.69, 9.17) is 9.47 Å². The van der Waals surface area contributed by atoms with E-state index in [1.165, 1.54) is 4.31 Å². The first-order chi connectivity index (χ1) is 15.3. The normalized spacial score (nSPS) is 16.6. The van der Waals surface area contributed by atoms with Gasteiger partial charge in [-0.2, -0.15) is 4.31 Å². The van der Waals surface area contributed by atoms with Gasteiger partial charge in [0.05, 0.1) is 17.6 Å². The summed E-state index contributed by atoms with van der Waals surface area (Å²) in [6, 6.07) is 7.13. The van der Waals surface area contributed by atoms with E-state index in [2.05, 4.69) is 11.9 Å². The molecule has 0 bridgehead atoms. The van der Waals surface area contributed by atoms with E-state index in [-0.39, 0.29) is 30.7 Å². The smallest absolute Gasteiger partial charge is 0.355 e. The molecule has 176 valence electrons. The molecule has 3 rings (SSSR count). The molecule has 0 radical (unpaired) electrons. The zero-order valence-electron chi connectivity index (χ0n) is 19.4. The molecule has 1 N–H and O–H groups in total. The molecule has 2 heterocycles. The predicted octanol–water partition coefficient (Wildman–Crippen LogP) is 4.13. The first kappa shape index (κ1) is 24.5. The molecule has 0 aliphatic carbocycles. The predicted molar refractivity (Wildman–Crippen MR) is 123 cm³/mol. The molecule has 0 spiro atoms. The van der Waals surface area contributed by atoms with Crippen LogP contribution in [0.5, 0.6) is 0 Å². The average molecular weight is 463 g/mol. The number of carbonyl (C=O) groups excluding carboxylic acids is 1. The number of rotatable bonds is 10. The summed E-state index contributed by atoms with van der Waals surface area (Å²) in [4.78, 5) is 15.6. The van der Waals surface area contributed by atoms with Crippen LogP contribution in [0.25, 0.3) is 0 Å². The van der Waals surface area contributed by atoms with E-state index >= 15 is 0 Å². The third kappa shape index (κ3) is 5.42. The fraction of sp³-hybridized carbons (Fsp3) is 0.542. The van der Waals surface area contributed by atoms with Crippen molar-refractivity contribution < 1.29 is 22.7 Å². The molecule has 1 aliphatic heterocycles. The van der Waals surface area contributed by atoms with E-state index in [0.29, 0.717) is 17.9 Å². The number of benzene rings is 1. The second-order valence-corrected chi connectivity index (χ2v) is 10.2. The number of H-pyrrole nitrogens is 1. The first-order valence-corrected chi connectivity index (χ1v) is 12.8. The number of nitrogens with one attached hydrogen (secondary N) is 1. The van der Waals surface area contributed by atoms with Crippen LogP contribution in [0.1, 0.15) is 66.0 Å². The highest BCUT2D eigenvalue weighted by Crippen LogP contribution is 2.26. The SMILES string of the molecule is CCCc1ccc(S(=O)(=O)N(Cc2c(C)[nH]c(C(=O)OCC)c2C)C[C@H]2CCCO2)cc1. The maximum absolute atomic E-state index is 13.6. The lowest BCUT2D eigenvalue weighted by Crippen LogP contribution is -2.37. The van der Waals surface area contributed by atoms with Crippen molar-refractivity contribution in [2.24, 2.45) is 0 Å². The van der Waals surface area contributed by atoms with Gasteiger partial charge in [-0.25, -0.2) is 13.2 Å². The molecule has 1 aromatic heterocycles. The molecule has 0 saturated carbocycles. The standard InChI is InChI=1S/C24H34N2O5S/c1-5-8-19-10-12-21(13-11-19)32(28,29)26(15-20-9-7-14-31-20)16-22-17(3)23(25-18(22)4)24(27)30-6-2/h10-13,20,25H,5-9,14-16H2,1-4H3/t20-/m1/s1. The molecule has 8 heteroatoms. The number of aromatic nitrogens is 1. The fourth-order valence-electron chi connectivity index (χ4n) is 4.14. The Balaban J connectivity index is 1.93. The molecular weight excluding hydrogens is 428 g/mol. The van der Waals surface area contributed by atoms with E-state index < -0.39 is 16.0 Å². The molecule has 1 saturated heterocycles. The molecule has 1 aliphatic rings. The van der Waals surface area contributed by atoms with E-state index in [0.717, 1.165) is 42.5 Å². The minimum atomic E-state index is -3.75. The van der Waals surface area contributed by atoms with Gasteiger partial charge in [-0.05, 0) is 68.9 Å². The number of aryl methyl sites for hydroxylation is 2. The summed E-state index contributed by atoms with van der Waals surface area (Å²) in [5, 5.41) is 0. The van der Waals surface area contributed by atoms with Crippen molar-refractivity contribution in [3.63, 3.8) is 0 Å². The summed E-state index contributed by atoms with van der Waals surface area (Å²) >= 11 is 0. The Bertz CT molecular complexity index is 1020. The van der Waals surface area contributed by atoms with Gasteiger partial charge in [-0.15, -0.1) is 0 Å². The zero-order chi connectivity index (χ0) is 23.3. The molecule has 7 nitrogen and oxygen atoms in total. The number of ether oxygens (including phenoxy) is 2. The first-order valence-electron chi connectivity index (χ1n) is 11.3. The van der Waals surface area contributed by atoms with Crippen molar-refractivity contribution >= 4 is 16.0 Å². The summed E-state index contributed by atoms with van der Waals surface area (Å²) in [6.07, 6.45) is 3.55. The highest BCUT2D eigenvalue weighted by Gasteiger charge is 2.31. The van der Waals surface area contributed by atoms with Crippen LogP contribution < -0.4 is 0 Å². The minimum absolute atomic E-state index is 0.131. The summed E-state index contributed by atoms with van der Waals surface area (Å²) in [6.45, 7) is 8.89. The van der Waals surface area contributed by atoms with E-state index in [1.54, 1.807) is 19.1 Å². The van der Waals surface area contributed by atoms with Gasteiger partial charge >= 0.3 is 5.97 Å². The largest absolute Gasteiger partial charge is 0.461 e. The molecule has 0 unspecified atom stereocenters. The van der Waals surface area contributed by atoms with Crippen LogP contribution in [0.3, 0.4) is 0 Å². The zero-order valence-corrected chi connectivity index (χ0v) is 20.3. The highest BCUT2D eigenvalue weighted by atomic mass is 32.2. The van der Waals surface area contributed by atoms with Gasteiger partial charge in [-0.3, -0.25) is 0 Å². The van der Waals surface area contributed by atoms with Gasteiger partial charge in [0.15, 0.2) is 0 Å². The van der Waals surface area contributed by atoms with Crippen LogP contribution in [0.2, 0.25) is 0 Å². The van der Waals surface area contributed by atoms with Gasteiger partial charge in [0.1, 0.15) is 5.69 Å². The van der Waals surface area contributed by atoms with Gasteiger partial charge in [0.2, 0.25) is 10.0 Å². The monoisotopic (exact) mass is 462 g/mol. The molecule has 2 aromatic rings. The van der Waals surface area contributed by atoms with E-state index in [9.17, 15) is 13.2 Å². The Morgan fingerprint density at radius 3 is 2.53 bits per heavy atom. The van der Waals surface area contributed by atoms with Crippen molar-refractivity contribution in [1.82, 2.24) is 9.29 Å². The lowest BCUT2D eigenvalue weighted by atomic mass is 10.1. The second kappa shape index (κ2) is 10.6. The maximum Gasteiger partial charge on any atom is 0.355 e. The van der Waals surface area contributed by atoms with Gasteiger partial charge in [-0.1, -0.05) is 25.5 Å². The number of hydrogen-bond donors (Lipinski definition) is 1. The van der Waals surface area contributed by atoms with Crippen LogP contribution in [0, 0.1) is 13.8 Å². The maximum atomic E-state index is 13.6. The van der Waals surface area contributed by atoms with Crippen molar-refractivity contribution in [1.29, 1.82) is 0 Å². The summed E-state index contributed by atoms with van der Waals surface area (Å²) in [5.74, 6) is -0.431. The Hall–Kier alpha value is -2.16. The Morgan fingerprint density at radius 2 is 1.94 bits per heavy atom. The second-order valence-electron chi connectivity index (χ2n) is 8.28. The number of hydrogen-bond acceptors (Lipinski definition) is 5. The van der Waals surface area contributed by atoms with Crippen LogP contribution in [0.15, 0.2) is 29.2 Å². The topological polar surface area (TPSA) is 88.7 Å². The van der Waals surface area contributed by atoms with Gasteiger partial charge in [0, 0.05) is 25.4 Å². The summed E-state index contributed by atoms with van der Waals surface area (Å²) in [5.41, 5.74) is 3.76. The molecule has 1 aromatic carbocycles. The molecular formula is C24H34N2O5S. The number of nitrogens with zero attached hydrogens (tertiary/aromatic N) is 1. The Labute approximate surface area is 191 Å². The third-order valence-corrected chi connectivity index (χ3v) is 7.76. The van der Waals surface area contributed by atoms with Gasteiger partial charge in [0.25, 0.3) is 0 Å². The number of esters is 1. The number of carbonyl (C=O) groups is 1. The van der Waals surface area contributed by atoms with Crippen LogP contribution in [-0.2, 0) is 32.5 Å². The summed E-state index contributed by atoms with van der Waals surface area (Å²) < 4.78 is 39.6. The van der Waals surface area contributed by atoms with Crippen molar-refractivity contribution in [2.45, 2.75) is 70.9 Å². The van der Waals surface area contributed by atoms with Crippen molar-refractivity contribution in [3.05, 3.63) is 52.3 Å². The van der Waals surface area contributed by atoms with Crippen LogP contribution >= 0.6 is 0 Å². The molecule has 32 heavy (non-hydrogen) atoms. The van der Waals surface area contributed by atoms with E-state index in [1.807, 2.05) is 26.0 Å². The van der Waals surface area contributed by atoms with Crippen molar-refractivity contribution in [2.75, 3.05) is 19.8 Å². The summed E-state index contributed by atoms with van der Waals surface area (Å²) in [7, 11) is -3.75. The fourth-order valence-corrected chi connectivity index (χ4v) is 5.58. The van der Waals surface area contributed by atoms with Crippen LogP contribution in [-0.4, -0.2) is 49.5 Å². The number of sulfonamides is 1. The average Bonchev–Trinajstić information content (AvgIpc) is 3.37. The molecule has 1 fully saturated rings. The lowest BCUT2D eigenvalue weighted by molar-refractivity contribution is 0.0519. The van der Waals surface area contributed by atoms with Crippen LogP contribution in [0.4, 0.5) is 0 Å². The quantitative estimate of drug-likeness (QED) is 0.536. The Morgan fingerprint density at radius 1 is 1.22 bits per heavy atom. The number of aromatic amines is 1. The highest BCUT2D eigenvalue weighted by molar-refractivity contribution is 7.89. The minimum Gasteiger partial charge on any atom is -0.461 e. The van der Waals surface area contributed by atoms with Crippen molar-refractivity contribution in [3.8, 4) is 0 Å². The lowest BCUT2D eigenvalue weighted by Gasteiger charge is -2.25. The Kier molecular flexibility index (Phi) is 8.14. The molecule has 0 amide bonds. The third-order valence-electron chi connectivity index (χ3n) is 5.94.